The molecule has 0 radical (unpaired) electrons. The number of fused-ring (bicyclic) bond motifs is 1. The van der Waals surface area contributed by atoms with Crippen molar-refractivity contribution >= 4 is 23.2 Å². The van der Waals surface area contributed by atoms with Crippen LogP contribution in [0.5, 0.6) is 0 Å². The van der Waals surface area contributed by atoms with Gasteiger partial charge in [0.15, 0.2) is 0 Å². The number of rotatable bonds is 0. The highest BCUT2D eigenvalue weighted by atomic mass is 35.5. The molecule has 1 heterocycles. The van der Waals surface area contributed by atoms with Crippen LogP contribution in [0.15, 0.2) is 18.2 Å². The first-order valence-electron chi connectivity index (χ1n) is 4.34. The number of hydrogen-bond donors (Lipinski definition) is 1. The lowest BCUT2D eigenvalue weighted by molar-refractivity contribution is -0.115. The van der Waals surface area contributed by atoms with Gasteiger partial charge in [-0.1, -0.05) is 31.5 Å². The minimum absolute atomic E-state index is 0.0438. The summed E-state index contributed by atoms with van der Waals surface area (Å²) in [5, 5.41) is 3.37. The van der Waals surface area contributed by atoms with Crippen LogP contribution in [-0.2, 0) is 11.2 Å². The van der Waals surface area contributed by atoms with Crippen LogP contribution in [0.3, 0.4) is 0 Å². The molecule has 1 aromatic carbocycles. The molecule has 70 valence electrons. The molecule has 0 aromatic heterocycles. The van der Waals surface area contributed by atoms with Crippen molar-refractivity contribution in [3.05, 3.63) is 28.8 Å². The maximum absolute atomic E-state index is 10.9. The Balaban J connectivity index is 0.000000396. The van der Waals surface area contributed by atoms with Gasteiger partial charge >= 0.3 is 0 Å². The van der Waals surface area contributed by atoms with E-state index < -0.39 is 0 Å². The summed E-state index contributed by atoms with van der Waals surface area (Å²) in [5.41, 5.74) is 1.88. The van der Waals surface area contributed by atoms with Gasteiger partial charge in [-0.2, -0.15) is 0 Å². The molecule has 1 aliphatic heterocycles. The zero-order valence-electron chi connectivity index (χ0n) is 7.73. The summed E-state index contributed by atoms with van der Waals surface area (Å²) in [7, 11) is 0. The fourth-order valence-corrected chi connectivity index (χ4v) is 1.36. The minimum atomic E-state index is 0.0438. The van der Waals surface area contributed by atoms with E-state index >= 15 is 0 Å². The molecule has 0 fully saturated rings. The first-order valence-corrected chi connectivity index (χ1v) is 4.72. The van der Waals surface area contributed by atoms with E-state index in [1.807, 2.05) is 19.9 Å². The Hall–Kier alpha value is -1.02. The van der Waals surface area contributed by atoms with Crippen LogP contribution in [0.2, 0.25) is 5.02 Å². The van der Waals surface area contributed by atoms with Crippen molar-refractivity contribution in [2.45, 2.75) is 20.3 Å². The Labute approximate surface area is 82.9 Å². The molecule has 13 heavy (non-hydrogen) atoms. The molecule has 0 saturated carbocycles. The molecule has 0 spiro atoms. The summed E-state index contributed by atoms with van der Waals surface area (Å²) in [6, 6.07) is 5.43. The summed E-state index contributed by atoms with van der Waals surface area (Å²) < 4.78 is 0. The van der Waals surface area contributed by atoms with Crippen LogP contribution in [0, 0.1) is 0 Å². The van der Waals surface area contributed by atoms with Gasteiger partial charge in [-0.05, 0) is 17.7 Å². The molecule has 1 aliphatic rings. The molecule has 1 amide bonds. The highest BCUT2D eigenvalue weighted by Gasteiger charge is 2.16. The number of halogens is 1. The zero-order valence-corrected chi connectivity index (χ0v) is 8.48. The normalized spacial score (nSPS) is 12.7. The Morgan fingerprint density at radius 3 is 2.77 bits per heavy atom. The second kappa shape index (κ2) is 4.28. The molecular formula is C10H12ClNO. The van der Waals surface area contributed by atoms with Gasteiger partial charge < -0.3 is 5.32 Å². The van der Waals surface area contributed by atoms with E-state index in [0.717, 1.165) is 11.3 Å². The maximum Gasteiger partial charge on any atom is 0.228 e. The Morgan fingerprint density at radius 2 is 2.08 bits per heavy atom. The maximum atomic E-state index is 10.9. The molecular weight excluding hydrogens is 186 g/mol. The lowest BCUT2D eigenvalue weighted by Gasteiger charge is -1.96. The summed E-state index contributed by atoms with van der Waals surface area (Å²) in [6.45, 7) is 4.00. The second-order valence-electron chi connectivity index (χ2n) is 2.53. The van der Waals surface area contributed by atoms with Crippen molar-refractivity contribution < 1.29 is 4.79 Å². The largest absolute Gasteiger partial charge is 0.325 e. The standard InChI is InChI=1S/C8H6ClNO.C2H6/c9-6-2-1-5-3-8(11)10-7(5)4-6;1-2/h1-2,4H,3H2,(H,10,11);1-2H3. The number of amides is 1. The van der Waals surface area contributed by atoms with E-state index in [-0.39, 0.29) is 5.91 Å². The van der Waals surface area contributed by atoms with Crippen LogP contribution < -0.4 is 5.32 Å². The van der Waals surface area contributed by atoms with Gasteiger partial charge in [0.2, 0.25) is 5.91 Å². The third-order valence-electron chi connectivity index (χ3n) is 1.70. The van der Waals surface area contributed by atoms with E-state index in [1.165, 1.54) is 0 Å². The van der Waals surface area contributed by atoms with Crippen LogP contribution in [-0.4, -0.2) is 5.91 Å². The highest BCUT2D eigenvalue weighted by molar-refractivity contribution is 6.31. The van der Waals surface area contributed by atoms with Crippen LogP contribution in [0.1, 0.15) is 19.4 Å². The van der Waals surface area contributed by atoms with Gasteiger partial charge in [0.25, 0.3) is 0 Å². The predicted octanol–water partition coefficient (Wildman–Crippen LogP) is 2.86. The van der Waals surface area contributed by atoms with Crippen molar-refractivity contribution in [1.82, 2.24) is 0 Å². The van der Waals surface area contributed by atoms with Crippen LogP contribution in [0.4, 0.5) is 5.69 Å². The molecule has 2 nitrogen and oxygen atoms in total. The van der Waals surface area contributed by atoms with Gasteiger partial charge in [-0.3, -0.25) is 4.79 Å². The Kier molecular flexibility index (Phi) is 3.32. The SMILES string of the molecule is CC.O=C1Cc2ccc(Cl)cc2N1. The third kappa shape index (κ3) is 2.22. The second-order valence-corrected chi connectivity index (χ2v) is 2.96. The van der Waals surface area contributed by atoms with Gasteiger partial charge in [0, 0.05) is 10.7 Å². The average Bonchev–Trinajstić information content (AvgIpc) is 2.48. The summed E-state index contributed by atoms with van der Waals surface area (Å²) in [6.07, 6.45) is 0.479. The van der Waals surface area contributed by atoms with E-state index in [2.05, 4.69) is 5.32 Å². The van der Waals surface area contributed by atoms with E-state index in [4.69, 9.17) is 11.6 Å². The number of hydrogen-bond acceptors (Lipinski definition) is 1. The monoisotopic (exact) mass is 197 g/mol. The summed E-state index contributed by atoms with van der Waals surface area (Å²) in [4.78, 5) is 10.9. The van der Waals surface area contributed by atoms with Crippen molar-refractivity contribution in [3.8, 4) is 0 Å². The van der Waals surface area contributed by atoms with Crippen LogP contribution in [0.25, 0.3) is 0 Å². The molecule has 0 bridgehead atoms. The van der Waals surface area contributed by atoms with Crippen molar-refractivity contribution in [2.75, 3.05) is 5.32 Å². The van der Waals surface area contributed by atoms with E-state index in [9.17, 15) is 4.79 Å². The van der Waals surface area contributed by atoms with Gasteiger partial charge in [0.1, 0.15) is 0 Å². The number of anilines is 1. The number of carbonyl (C=O) groups is 1. The zero-order chi connectivity index (χ0) is 9.84. The number of carbonyl (C=O) groups excluding carboxylic acids is 1. The number of nitrogens with one attached hydrogen (secondary N) is 1. The van der Waals surface area contributed by atoms with Crippen molar-refractivity contribution in [3.63, 3.8) is 0 Å². The molecule has 1 aromatic rings. The van der Waals surface area contributed by atoms with Gasteiger partial charge in [-0.15, -0.1) is 0 Å². The molecule has 1 N–H and O–H groups in total. The Morgan fingerprint density at radius 1 is 1.38 bits per heavy atom. The average molecular weight is 198 g/mol. The summed E-state index contributed by atoms with van der Waals surface area (Å²) >= 11 is 5.72. The van der Waals surface area contributed by atoms with E-state index in [1.54, 1.807) is 12.1 Å². The lowest BCUT2D eigenvalue weighted by atomic mass is 10.2. The fraction of sp³-hybridized carbons (Fsp3) is 0.300. The molecule has 0 saturated heterocycles. The molecule has 0 atom stereocenters. The fourth-order valence-electron chi connectivity index (χ4n) is 1.19. The topological polar surface area (TPSA) is 29.1 Å². The van der Waals surface area contributed by atoms with Crippen molar-refractivity contribution in [1.29, 1.82) is 0 Å². The van der Waals surface area contributed by atoms with Crippen LogP contribution >= 0.6 is 11.6 Å². The Bertz CT molecular complexity index is 323. The number of benzene rings is 1. The smallest absolute Gasteiger partial charge is 0.228 e. The lowest BCUT2D eigenvalue weighted by Crippen LogP contribution is -2.03. The molecule has 0 unspecified atom stereocenters. The molecule has 3 heteroatoms. The van der Waals surface area contributed by atoms with Crippen molar-refractivity contribution in [2.24, 2.45) is 0 Å². The molecule has 0 aliphatic carbocycles. The van der Waals surface area contributed by atoms with Gasteiger partial charge in [-0.25, -0.2) is 0 Å². The molecule has 2 rings (SSSR count). The minimum Gasteiger partial charge on any atom is -0.325 e. The first-order chi connectivity index (χ1) is 6.25. The van der Waals surface area contributed by atoms with Gasteiger partial charge in [0.05, 0.1) is 6.42 Å². The third-order valence-corrected chi connectivity index (χ3v) is 1.93. The quantitative estimate of drug-likeness (QED) is 0.681. The predicted molar refractivity (Wildman–Crippen MR) is 55.1 cm³/mol. The summed E-state index contributed by atoms with van der Waals surface area (Å²) in [5.74, 6) is 0.0438. The highest BCUT2D eigenvalue weighted by Crippen LogP contribution is 2.25. The first kappa shape index (κ1) is 10.1. The van der Waals surface area contributed by atoms with E-state index in [0.29, 0.717) is 11.4 Å².